The molecule has 9 nitrogen and oxygen atoms in total. The van der Waals surface area contributed by atoms with Crippen LogP contribution in [0.5, 0.6) is 0 Å². The van der Waals surface area contributed by atoms with Crippen molar-refractivity contribution in [3.8, 4) is 0 Å². The molecular weight excluding hydrogens is 952 g/mol. The molecule has 10 heteroatoms. The average Bonchev–Trinajstić information content (AvgIpc) is 3.37. The van der Waals surface area contributed by atoms with E-state index in [0.717, 1.165) is 109 Å². The second kappa shape index (κ2) is 53.3. The highest BCUT2D eigenvalue weighted by atomic mass is 31.2. The van der Waals surface area contributed by atoms with Crippen molar-refractivity contribution in [1.82, 2.24) is 5.32 Å². The highest BCUT2D eigenvalue weighted by Gasteiger charge is 2.30. The summed E-state index contributed by atoms with van der Waals surface area (Å²) in [6.45, 7) is 6.67. The molecule has 0 aliphatic carbocycles. The Balaban J connectivity index is 5.49. The Morgan fingerprint density at radius 2 is 0.867 bits per heavy atom. The Morgan fingerprint density at radius 3 is 1.31 bits per heavy atom. The summed E-state index contributed by atoms with van der Waals surface area (Å²) >= 11 is 0. The van der Waals surface area contributed by atoms with Crippen LogP contribution in [0.25, 0.3) is 0 Å². The van der Waals surface area contributed by atoms with Gasteiger partial charge in [-0.05, 0) is 115 Å². The number of ether oxygens (including phenoxy) is 1. The van der Waals surface area contributed by atoms with Crippen molar-refractivity contribution < 1.29 is 37.3 Å². The molecule has 75 heavy (non-hydrogen) atoms. The van der Waals surface area contributed by atoms with E-state index in [1.54, 1.807) is 6.08 Å². The molecule has 1 amide bonds. The van der Waals surface area contributed by atoms with Crippen molar-refractivity contribution in [2.24, 2.45) is 0 Å². The third-order valence-corrected chi connectivity index (χ3v) is 12.8. The van der Waals surface area contributed by atoms with Gasteiger partial charge in [-0.2, -0.15) is 0 Å². The maximum absolute atomic E-state index is 13.5. The first-order valence-electron chi connectivity index (χ1n) is 29.2. The molecule has 0 spiro atoms. The summed E-state index contributed by atoms with van der Waals surface area (Å²) in [5.74, 6) is -0.656. The van der Waals surface area contributed by atoms with E-state index in [4.69, 9.17) is 13.8 Å². The van der Waals surface area contributed by atoms with Crippen molar-refractivity contribution in [3.63, 3.8) is 0 Å². The Hall–Kier alpha value is -4.11. The van der Waals surface area contributed by atoms with E-state index in [0.29, 0.717) is 23.9 Å². The van der Waals surface area contributed by atoms with E-state index in [1.807, 2.05) is 39.4 Å². The maximum atomic E-state index is 13.5. The van der Waals surface area contributed by atoms with Crippen LogP contribution in [-0.2, 0) is 27.9 Å². The summed E-state index contributed by atoms with van der Waals surface area (Å²) < 4.78 is 30.5. The summed E-state index contributed by atoms with van der Waals surface area (Å²) in [6.07, 6.45) is 77.2. The molecule has 2 N–H and O–H groups in total. The number of carbonyl (C=O) groups is 2. The third-order valence-electron chi connectivity index (χ3n) is 11.8. The fraction of sp³-hybridized carbons (Fsp3) is 0.600. The summed E-state index contributed by atoms with van der Waals surface area (Å²) in [5, 5.41) is 3.00. The summed E-state index contributed by atoms with van der Waals surface area (Å²) in [6, 6.07) is -0.907. The molecule has 0 bridgehead atoms. The van der Waals surface area contributed by atoms with Gasteiger partial charge in [-0.1, -0.05) is 218 Å². The number of nitrogens with zero attached hydrogens (tertiary/aromatic N) is 1. The summed E-state index contributed by atoms with van der Waals surface area (Å²) in [7, 11) is 1.41. The van der Waals surface area contributed by atoms with E-state index >= 15 is 0 Å². The molecule has 0 aliphatic heterocycles. The van der Waals surface area contributed by atoms with Gasteiger partial charge in [0, 0.05) is 12.8 Å². The largest absolute Gasteiger partial charge is 0.472 e. The van der Waals surface area contributed by atoms with Crippen LogP contribution in [0.2, 0.25) is 0 Å². The van der Waals surface area contributed by atoms with Gasteiger partial charge in [0.15, 0.2) is 0 Å². The first-order valence-corrected chi connectivity index (χ1v) is 30.7. The SMILES string of the molecule is CC/C=C\C/C=C\C/C=C\C/C=C\C/C=C\C/C=C\CCC(=O)OC(/C=C/CCCCCCCCCCC)C(COP(=O)(O)OCC[N+](C)(C)C)NC(=O)CCCCC/C=C\C/C=C\C/C=C\C/C=C\C/C=C\CC. The molecule has 3 unspecified atom stereocenters. The highest BCUT2D eigenvalue weighted by Crippen LogP contribution is 2.43. The van der Waals surface area contributed by atoms with Crippen molar-refractivity contribution in [1.29, 1.82) is 0 Å². The molecule has 0 radical (unpaired) electrons. The van der Waals surface area contributed by atoms with Crippen LogP contribution in [-0.4, -0.2) is 74.3 Å². The lowest BCUT2D eigenvalue weighted by molar-refractivity contribution is -0.870. The smallest absolute Gasteiger partial charge is 0.456 e. The molecule has 0 fully saturated rings. The zero-order valence-corrected chi connectivity index (χ0v) is 49.1. The number of hydrogen-bond acceptors (Lipinski definition) is 6. The topological polar surface area (TPSA) is 111 Å². The Labute approximate surface area is 459 Å². The lowest BCUT2D eigenvalue weighted by Crippen LogP contribution is -2.47. The molecular formula is C65H108N2O7P+. The van der Waals surface area contributed by atoms with Gasteiger partial charge in [0.05, 0.1) is 33.8 Å². The monoisotopic (exact) mass is 1060 g/mol. The lowest BCUT2D eigenvalue weighted by atomic mass is 10.1. The van der Waals surface area contributed by atoms with Gasteiger partial charge < -0.3 is 19.4 Å². The number of phosphoric acid groups is 1. The number of amides is 1. The fourth-order valence-electron chi connectivity index (χ4n) is 7.34. The van der Waals surface area contributed by atoms with Crippen LogP contribution in [0, 0.1) is 0 Å². The molecule has 0 aromatic carbocycles. The van der Waals surface area contributed by atoms with Crippen LogP contribution in [0.3, 0.4) is 0 Å². The quantitative estimate of drug-likeness (QED) is 0.0205. The molecule has 0 saturated heterocycles. The molecule has 0 heterocycles. The number of allylic oxidation sites excluding steroid dienone is 23. The molecule has 0 saturated carbocycles. The number of nitrogens with one attached hydrogen (secondary N) is 1. The van der Waals surface area contributed by atoms with Gasteiger partial charge >= 0.3 is 13.8 Å². The first kappa shape index (κ1) is 70.9. The van der Waals surface area contributed by atoms with Crippen molar-refractivity contribution in [2.75, 3.05) is 40.9 Å². The van der Waals surface area contributed by atoms with Gasteiger partial charge in [-0.3, -0.25) is 18.6 Å². The van der Waals surface area contributed by atoms with E-state index in [-0.39, 0.29) is 32.0 Å². The minimum Gasteiger partial charge on any atom is -0.456 e. The van der Waals surface area contributed by atoms with Crippen LogP contribution >= 0.6 is 7.82 Å². The number of hydrogen-bond donors (Lipinski definition) is 2. The molecule has 0 aromatic rings. The number of quaternary nitrogens is 1. The maximum Gasteiger partial charge on any atom is 0.472 e. The lowest BCUT2D eigenvalue weighted by Gasteiger charge is -2.27. The van der Waals surface area contributed by atoms with Gasteiger partial charge in [0.1, 0.15) is 19.3 Å². The van der Waals surface area contributed by atoms with Crippen LogP contribution in [0.4, 0.5) is 0 Å². The van der Waals surface area contributed by atoms with Crippen molar-refractivity contribution in [2.45, 2.75) is 213 Å². The Kier molecular flexibility index (Phi) is 50.4. The van der Waals surface area contributed by atoms with E-state index in [2.05, 4.69) is 148 Å². The van der Waals surface area contributed by atoms with Gasteiger partial charge in [-0.25, -0.2) is 4.57 Å². The summed E-state index contributed by atoms with van der Waals surface area (Å²) in [4.78, 5) is 37.6. The number of unbranched alkanes of at least 4 members (excludes halogenated alkanes) is 12. The van der Waals surface area contributed by atoms with E-state index < -0.39 is 25.9 Å². The first-order chi connectivity index (χ1) is 36.4. The van der Waals surface area contributed by atoms with Gasteiger partial charge in [0.25, 0.3) is 0 Å². The third kappa shape index (κ3) is 54.5. The average molecular weight is 1060 g/mol. The minimum atomic E-state index is -4.48. The number of phosphoric ester groups is 1. The van der Waals surface area contributed by atoms with Crippen LogP contribution < -0.4 is 5.32 Å². The zero-order chi connectivity index (χ0) is 55.0. The Morgan fingerprint density at radius 1 is 0.480 bits per heavy atom. The van der Waals surface area contributed by atoms with Crippen molar-refractivity contribution in [3.05, 3.63) is 146 Å². The number of likely N-dealkylation sites (N-methyl/N-ethyl adjacent to an activating group) is 1. The fourth-order valence-corrected chi connectivity index (χ4v) is 8.08. The molecule has 0 rings (SSSR count). The van der Waals surface area contributed by atoms with Crippen LogP contribution in [0.15, 0.2) is 146 Å². The molecule has 0 aliphatic rings. The highest BCUT2D eigenvalue weighted by molar-refractivity contribution is 7.47. The second-order valence-corrected chi connectivity index (χ2v) is 21.5. The molecule has 424 valence electrons. The number of esters is 1. The van der Waals surface area contributed by atoms with E-state index in [9.17, 15) is 19.0 Å². The Bertz CT molecular complexity index is 1790. The minimum absolute atomic E-state index is 0.0135. The van der Waals surface area contributed by atoms with E-state index in [1.165, 1.54) is 44.9 Å². The van der Waals surface area contributed by atoms with Crippen molar-refractivity contribution >= 4 is 19.7 Å². The molecule has 3 atom stereocenters. The predicted molar refractivity (Wildman–Crippen MR) is 322 cm³/mol. The zero-order valence-electron chi connectivity index (χ0n) is 48.2. The number of carbonyl (C=O) groups excluding carboxylic acids is 2. The second-order valence-electron chi connectivity index (χ2n) is 20.0. The number of rotatable bonds is 50. The molecule has 0 aromatic heterocycles. The van der Waals surface area contributed by atoms with Gasteiger partial charge in [0.2, 0.25) is 5.91 Å². The predicted octanol–water partition coefficient (Wildman–Crippen LogP) is 17.9. The van der Waals surface area contributed by atoms with Crippen LogP contribution in [0.1, 0.15) is 201 Å². The normalized spacial score (nSPS) is 14.8. The summed E-state index contributed by atoms with van der Waals surface area (Å²) in [5.41, 5.74) is 0. The standard InChI is InChI=1S/C65H107N2O7P/c1-7-10-13-16-19-22-25-27-29-31-33-35-37-39-42-45-48-51-54-57-64(68)66-62(61-73-75(70,71)72-60-59-67(4,5)6)63(56-53-50-47-44-41-24-21-18-15-12-9-3)74-65(69)58-55-52-49-46-43-40-38-36-34-32-30-28-26-23-20-17-14-11-8-2/h10-11,13-14,19-20,22-23,27-30,33-36,39-40,42-43,49,52-53,56,62-63H,7-9,12,15-18,21,24-26,31-32,37-38,41,44-48,50-51,54-55,57-61H2,1-6H3,(H-,66,68,70,71)/p+1/b13-10-,14-11-,22-19-,23-20-,29-27-,30-28-,35-33-,36-34-,42-39-,43-40-,52-49-,56-53+. The van der Waals surface area contributed by atoms with Gasteiger partial charge in [-0.15, -0.1) is 0 Å².